The van der Waals surface area contributed by atoms with Gasteiger partial charge in [-0.15, -0.1) is 5.10 Å². The summed E-state index contributed by atoms with van der Waals surface area (Å²) in [5.74, 6) is 1.47. The maximum atomic E-state index is 6.39. The fourth-order valence-corrected chi connectivity index (χ4v) is 8.70. The quantitative estimate of drug-likeness (QED) is 0.178. The van der Waals surface area contributed by atoms with Crippen LogP contribution >= 0.6 is 0 Å². The summed E-state index contributed by atoms with van der Waals surface area (Å²) in [6.07, 6.45) is 0. The first-order chi connectivity index (χ1) is 27.8. The summed E-state index contributed by atoms with van der Waals surface area (Å²) >= 11 is 0. The van der Waals surface area contributed by atoms with E-state index in [1.54, 1.807) is 0 Å². The van der Waals surface area contributed by atoms with E-state index in [2.05, 4.69) is 149 Å². The van der Waals surface area contributed by atoms with Gasteiger partial charge in [0.2, 0.25) is 0 Å². The second kappa shape index (κ2) is 11.9. The van der Waals surface area contributed by atoms with Gasteiger partial charge in [-0.3, -0.25) is 0 Å². The van der Waals surface area contributed by atoms with Gasteiger partial charge in [0.1, 0.15) is 11.2 Å². The molecule has 0 saturated carbocycles. The molecule has 0 amide bonds. The Kier molecular flexibility index (Phi) is 6.53. The number of para-hydroxylation sites is 6. The first-order valence-electron chi connectivity index (χ1n) is 18.8. The maximum absolute atomic E-state index is 6.39. The third-order valence-corrected chi connectivity index (χ3v) is 11.1. The summed E-state index contributed by atoms with van der Waals surface area (Å²) in [4.78, 5) is 5.27. The van der Waals surface area contributed by atoms with Gasteiger partial charge in [0, 0.05) is 43.4 Å². The molecule has 0 spiro atoms. The van der Waals surface area contributed by atoms with Crippen molar-refractivity contribution >= 4 is 65.6 Å². The molecule has 0 bridgehead atoms. The summed E-state index contributed by atoms with van der Waals surface area (Å²) in [6.45, 7) is 0. The second-order valence-corrected chi connectivity index (χ2v) is 14.2. The number of nitrogens with zero attached hydrogens (tertiary/aromatic N) is 5. The average molecular weight is 718 g/mol. The van der Waals surface area contributed by atoms with Crippen LogP contribution in [-0.2, 0) is 0 Å². The highest BCUT2D eigenvalue weighted by Crippen LogP contribution is 2.43. The van der Waals surface area contributed by atoms with Crippen LogP contribution in [0.25, 0.3) is 105 Å². The molecule has 0 radical (unpaired) electrons. The molecule has 0 saturated heterocycles. The van der Waals surface area contributed by atoms with Crippen molar-refractivity contribution in [3.63, 3.8) is 0 Å². The summed E-state index contributed by atoms with van der Waals surface area (Å²) in [5, 5.41) is 11.9. The van der Waals surface area contributed by atoms with Crippen LogP contribution in [0.5, 0.6) is 0 Å². The van der Waals surface area contributed by atoms with Gasteiger partial charge in [-0.2, -0.15) is 0 Å². The fourth-order valence-electron chi connectivity index (χ4n) is 8.70. The number of hydrogen-bond acceptors (Lipinski definition) is 3. The van der Waals surface area contributed by atoms with Gasteiger partial charge in [0.15, 0.2) is 11.6 Å². The van der Waals surface area contributed by atoms with E-state index in [-0.39, 0.29) is 0 Å². The van der Waals surface area contributed by atoms with Crippen molar-refractivity contribution in [2.45, 2.75) is 0 Å². The normalized spacial score (nSPS) is 11.9. The summed E-state index contributed by atoms with van der Waals surface area (Å²) in [6, 6.07) is 66.0. The smallest absolute Gasteiger partial charge is 0.182 e. The number of benzene rings is 8. The molecule has 0 unspecified atom stereocenters. The number of hydrogen-bond donors (Lipinski definition) is 0. The van der Waals surface area contributed by atoms with Gasteiger partial charge in [-0.05, 0) is 60.7 Å². The van der Waals surface area contributed by atoms with Crippen molar-refractivity contribution in [1.29, 1.82) is 0 Å². The number of aromatic nitrogens is 5. The van der Waals surface area contributed by atoms with Gasteiger partial charge in [-0.25, -0.2) is 9.67 Å². The molecule has 262 valence electrons. The zero-order chi connectivity index (χ0) is 36.7. The van der Waals surface area contributed by atoms with Crippen LogP contribution < -0.4 is 0 Å². The Morgan fingerprint density at radius 1 is 0.411 bits per heavy atom. The highest BCUT2D eigenvalue weighted by atomic mass is 16.3. The third-order valence-electron chi connectivity index (χ3n) is 11.1. The van der Waals surface area contributed by atoms with Crippen molar-refractivity contribution in [2.24, 2.45) is 0 Å². The lowest BCUT2D eigenvalue weighted by molar-refractivity contribution is 0.669. The average Bonchev–Trinajstić information content (AvgIpc) is 4.03. The summed E-state index contributed by atoms with van der Waals surface area (Å²) in [7, 11) is 0. The fraction of sp³-hybridized carbons (Fsp3) is 0. The van der Waals surface area contributed by atoms with Crippen LogP contribution in [-0.4, -0.2) is 23.9 Å². The van der Waals surface area contributed by atoms with Crippen LogP contribution in [0.4, 0.5) is 0 Å². The molecule has 0 N–H and O–H groups in total. The van der Waals surface area contributed by atoms with Crippen LogP contribution in [0, 0.1) is 0 Å². The first-order valence-corrected chi connectivity index (χ1v) is 18.8. The van der Waals surface area contributed by atoms with E-state index in [1.807, 2.05) is 53.2 Å². The van der Waals surface area contributed by atoms with Crippen LogP contribution in [0.2, 0.25) is 0 Å². The lowest BCUT2D eigenvalue weighted by Crippen LogP contribution is -2.03. The Balaban J connectivity index is 1.15. The number of rotatable bonds is 5. The molecule has 0 atom stereocenters. The van der Waals surface area contributed by atoms with Gasteiger partial charge in [0.25, 0.3) is 0 Å². The Morgan fingerprint density at radius 3 is 1.80 bits per heavy atom. The minimum absolute atomic E-state index is 0.682. The van der Waals surface area contributed by atoms with E-state index in [0.717, 1.165) is 94.2 Å². The highest BCUT2D eigenvalue weighted by molar-refractivity contribution is 6.18. The van der Waals surface area contributed by atoms with E-state index >= 15 is 0 Å². The summed E-state index contributed by atoms with van der Waals surface area (Å²) < 4.78 is 13.2. The molecule has 0 fully saturated rings. The minimum Gasteiger partial charge on any atom is -0.456 e. The van der Waals surface area contributed by atoms with E-state index in [0.29, 0.717) is 5.82 Å². The van der Waals surface area contributed by atoms with Crippen LogP contribution in [0.3, 0.4) is 0 Å². The SMILES string of the molecule is c1ccc(-c2nc(-c3cccc4c3c3ccccc3n4-c3ccccc3-n3c4ccccc4c4cc5oc6ccccc6c5cc43)n(-c3ccccc3)n2)cc1. The molecular weight excluding hydrogens is 687 g/mol. The van der Waals surface area contributed by atoms with E-state index < -0.39 is 0 Å². The first kappa shape index (κ1) is 30.7. The van der Waals surface area contributed by atoms with Gasteiger partial charge in [0.05, 0.1) is 39.1 Å². The Hall–Kier alpha value is -7.70. The molecule has 56 heavy (non-hydrogen) atoms. The van der Waals surface area contributed by atoms with Crippen LogP contribution in [0.1, 0.15) is 0 Å². The zero-order valence-electron chi connectivity index (χ0n) is 30.0. The Morgan fingerprint density at radius 2 is 1.02 bits per heavy atom. The molecule has 12 aromatic rings. The van der Waals surface area contributed by atoms with Gasteiger partial charge < -0.3 is 13.6 Å². The molecule has 4 aromatic heterocycles. The molecule has 0 aliphatic carbocycles. The monoisotopic (exact) mass is 717 g/mol. The largest absolute Gasteiger partial charge is 0.456 e. The molecule has 4 heterocycles. The lowest BCUT2D eigenvalue weighted by atomic mass is 10.1. The van der Waals surface area contributed by atoms with E-state index in [4.69, 9.17) is 14.5 Å². The molecule has 6 heteroatoms. The predicted octanol–water partition coefficient (Wildman–Crippen LogP) is 12.7. The third kappa shape index (κ3) is 4.44. The van der Waals surface area contributed by atoms with Gasteiger partial charge >= 0.3 is 0 Å². The van der Waals surface area contributed by atoms with E-state index in [1.165, 1.54) is 5.39 Å². The van der Waals surface area contributed by atoms with Crippen molar-refractivity contribution in [2.75, 3.05) is 0 Å². The zero-order valence-corrected chi connectivity index (χ0v) is 30.0. The molecule has 0 aliphatic heterocycles. The van der Waals surface area contributed by atoms with Crippen molar-refractivity contribution in [3.05, 3.63) is 188 Å². The highest BCUT2D eigenvalue weighted by Gasteiger charge is 2.24. The number of furan rings is 1. The standard InChI is InChI=1S/C50H31N5O/c1-3-16-32(17-4-1)49-51-50(55(52-49)33-18-5-2-6-19-33)37-23-15-28-44-48(37)36-22-8-11-25-41(36)53(44)42-26-12-13-27-43(42)54-40-24-10-7-20-34(40)38-31-47-39(30-45(38)54)35-21-9-14-29-46(35)56-47/h1-31H. The lowest BCUT2D eigenvalue weighted by Gasteiger charge is -2.16. The van der Waals surface area contributed by atoms with Crippen molar-refractivity contribution < 1.29 is 4.42 Å². The topological polar surface area (TPSA) is 53.7 Å². The predicted molar refractivity (Wildman–Crippen MR) is 228 cm³/mol. The minimum atomic E-state index is 0.682. The van der Waals surface area contributed by atoms with Crippen molar-refractivity contribution in [3.8, 4) is 39.8 Å². The second-order valence-electron chi connectivity index (χ2n) is 14.2. The van der Waals surface area contributed by atoms with Gasteiger partial charge in [-0.1, -0.05) is 127 Å². The van der Waals surface area contributed by atoms with Crippen LogP contribution in [0.15, 0.2) is 192 Å². The van der Waals surface area contributed by atoms with E-state index in [9.17, 15) is 0 Å². The molecule has 6 nitrogen and oxygen atoms in total. The van der Waals surface area contributed by atoms with Crippen molar-refractivity contribution in [1.82, 2.24) is 23.9 Å². The Labute approximate surface area is 320 Å². The molecule has 12 rings (SSSR count). The number of fused-ring (bicyclic) bond motifs is 9. The molecule has 0 aliphatic rings. The molecular formula is C50H31N5O. The molecule has 8 aromatic carbocycles. The summed E-state index contributed by atoms with van der Waals surface area (Å²) in [5.41, 5.74) is 11.3. The maximum Gasteiger partial charge on any atom is 0.182 e. The Bertz CT molecular complexity index is 3480.